The quantitative estimate of drug-likeness (QED) is 0.743. The number of carbonyl (C=O) groups is 1. The van der Waals surface area contributed by atoms with Crippen molar-refractivity contribution < 1.29 is 14.6 Å². The van der Waals surface area contributed by atoms with Crippen LogP contribution in [0.2, 0.25) is 0 Å². The number of methoxy groups -OCH3 is 1. The monoisotopic (exact) mass is 243 g/mol. The van der Waals surface area contributed by atoms with Crippen molar-refractivity contribution in [2.75, 3.05) is 26.8 Å². The number of carboxylic acids is 1. The van der Waals surface area contributed by atoms with Gasteiger partial charge >= 0.3 is 5.97 Å². The Balaban J connectivity index is 2.39. The van der Waals surface area contributed by atoms with Crippen LogP contribution in [-0.2, 0) is 9.53 Å². The van der Waals surface area contributed by atoms with E-state index in [1.165, 1.54) is 12.8 Å². The summed E-state index contributed by atoms with van der Waals surface area (Å²) >= 11 is 0. The van der Waals surface area contributed by atoms with E-state index in [0.717, 1.165) is 32.5 Å². The molecule has 0 aromatic rings. The number of hydrogen-bond acceptors (Lipinski definition) is 3. The Bertz CT molecular complexity index is 233. The molecule has 0 radical (unpaired) electrons. The minimum atomic E-state index is -0.680. The lowest BCUT2D eigenvalue weighted by atomic mass is 9.96. The van der Waals surface area contributed by atoms with Gasteiger partial charge in [0.15, 0.2) is 0 Å². The van der Waals surface area contributed by atoms with E-state index < -0.39 is 5.97 Å². The molecule has 0 aliphatic carbocycles. The van der Waals surface area contributed by atoms with Crippen molar-refractivity contribution in [3.05, 3.63) is 0 Å². The summed E-state index contributed by atoms with van der Waals surface area (Å²) in [7, 11) is 1.73. The fraction of sp³-hybridized carbons (Fsp3) is 0.923. The highest BCUT2D eigenvalue weighted by Gasteiger charge is 2.23. The average molecular weight is 243 g/mol. The third kappa shape index (κ3) is 5.50. The summed E-state index contributed by atoms with van der Waals surface area (Å²) in [6.45, 7) is 5.10. The molecule has 0 aromatic carbocycles. The molecule has 17 heavy (non-hydrogen) atoms. The van der Waals surface area contributed by atoms with Crippen molar-refractivity contribution in [2.45, 2.75) is 45.1 Å². The van der Waals surface area contributed by atoms with E-state index in [1.807, 2.05) is 0 Å². The average Bonchev–Trinajstić information content (AvgIpc) is 2.28. The third-order valence-electron chi connectivity index (χ3n) is 3.44. The van der Waals surface area contributed by atoms with Crippen molar-refractivity contribution in [1.29, 1.82) is 0 Å². The van der Waals surface area contributed by atoms with E-state index in [4.69, 9.17) is 9.84 Å². The zero-order valence-corrected chi connectivity index (χ0v) is 11.0. The highest BCUT2D eigenvalue weighted by atomic mass is 16.5. The number of rotatable bonds is 7. The normalized spacial score (nSPS) is 23.5. The first-order valence-corrected chi connectivity index (χ1v) is 6.58. The van der Waals surface area contributed by atoms with Crippen LogP contribution in [0.25, 0.3) is 0 Å². The molecule has 1 aliphatic rings. The van der Waals surface area contributed by atoms with Crippen molar-refractivity contribution >= 4 is 5.97 Å². The van der Waals surface area contributed by atoms with Crippen molar-refractivity contribution in [3.63, 3.8) is 0 Å². The maximum atomic E-state index is 10.6. The van der Waals surface area contributed by atoms with Gasteiger partial charge in [-0.05, 0) is 31.7 Å². The zero-order chi connectivity index (χ0) is 12.7. The number of carboxylic acid groups (broad SMARTS) is 1. The van der Waals surface area contributed by atoms with Crippen LogP contribution in [0.1, 0.15) is 39.0 Å². The third-order valence-corrected chi connectivity index (χ3v) is 3.44. The Kier molecular flexibility index (Phi) is 6.52. The summed E-state index contributed by atoms with van der Waals surface area (Å²) in [6.07, 6.45) is 4.70. The lowest BCUT2D eigenvalue weighted by Crippen LogP contribution is -2.42. The molecule has 1 saturated heterocycles. The molecule has 1 N–H and O–H groups in total. The maximum Gasteiger partial charge on any atom is 0.303 e. The summed E-state index contributed by atoms with van der Waals surface area (Å²) in [6, 6.07) is 0.458. The van der Waals surface area contributed by atoms with Gasteiger partial charge in [0.2, 0.25) is 0 Å². The van der Waals surface area contributed by atoms with Gasteiger partial charge in [0.25, 0.3) is 0 Å². The van der Waals surface area contributed by atoms with E-state index in [0.29, 0.717) is 18.4 Å². The second-order valence-electron chi connectivity index (χ2n) is 5.14. The van der Waals surface area contributed by atoms with Gasteiger partial charge in [0.1, 0.15) is 0 Å². The standard InChI is InChI=1S/C13H25NO3/c1-11(10-17-2)9-14-8-4-3-5-12(14)6-7-13(15)16/h11-12H,3-10H2,1-2H3,(H,15,16). The summed E-state index contributed by atoms with van der Waals surface area (Å²) < 4.78 is 5.16. The highest BCUT2D eigenvalue weighted by Crippen LogP contribution is 2.22. The molecule has 0 amide bonds. The molecular formula is C13H25NO3. The molecule has 1 aliphatic heterocycles. The summed E-state index contributed by atoms with van der Waals surface area (Å²) in [5.41, 5.74) is 0. The summed E-state index contributed by atoms with van der Waals surface area (Å²) in [4.78, 5) is 13.1. The second-order valence-corrected chi connectivity index (χ2v) is 5.14. The first-order valence-electron chi connectivity index (χ1n) is 6.58. The highest BCUT2D eigenvalue weighted by molar-refractivity contribution is 5.66. The van der Waals surface area contributed by atoms with Crippen molar-refractivity contribution in [1.82, 2.24) is 4.90 Å². The fourth-order valence-corrected chi connectivity index (χ4v) is 2.65. The number of ether oxygens (including phenoxy) is 1. The van der Waals surface area contributed by atoms with E-state index in [9.17, 15) is 4.79 Å². The van der Waals surface area contributed by atoms with E-state index in [1.54, 1.807) is 7.11 Å². The smallest absolute Gasteiger partial charge is 0.303 e. The van der Waals surface area contributed by atoms with Gasteiger partial charge in [-0.25, -0.2) is 0 Å². The molecule has 0 aromatic heterocycles. The molecule has 4 heteroatoms. The largest absolute Gasteiger partial charge is 0.481 e. The Morgan fingerprint density at radius 1 is 1.53 bits per heavy atom. The molecule has 2 unspecified atom stereocenters. The summed E-state index contributed by atoms with van der Waals surface area (Å²) in [5, 5.41) is 8.76. The van der Waals surface area contributed by atoms with Crippen LogP contribution < -0.4 is 0 Å². The van der Waals surface area contributed by atoms with Gasteiger partial charge in [-0.1, -0.05) is 13.3 Å². The van der Waals surface area contributed by atoms with Crippen LogP contribution in [0.4, 0.5) is 0 Å². The Labute approximate surface area is 104 Å². The Morgan fingerprint density at radius 3 is 2.94 bits per heavy atom. The van der Waals surface area contributed by atoms with Crippen LogP contribution in [-0.4, -0.2) is 48.8 Å². The van der Waals surface area contributed by atoms with Crippen LogP contribution in [0, 0.1) is 5.92 Å². The fourth-order valence-electron chi connectivity index (χ4n) is 2.65. The Morgan fingerprint density at radius 2 is 2.29 bits per heavy atom. The molecule has 0 bridgehead atoms. The lowest BCUT2D eigenvalue weighted by molar-refractivity contribution is -0.137. The van der Waals surface area contributed by atoms with Crippen LogP contribution in [0.5, 0.6) is 0 Å². The molecule has 2 atom stereocenters. The molecule has 0 saturated carbocycles. The number of likely N-dealkylation sites (tertiary alicyclic amines) is 1. The predicted octanol–water partition coefficient (Wildman–Crippen LogP) is 1.99. The van der Waals surface area contributed by atoms with E-state index in [-0.39, 0.29) is 0 Å². The minimum Gasteiger partial charge on any atom is -0.481 e. The molecule has 1 heterocycles. The van der Waals surface area contributed by atoms with Gasteiger partial charge in [-0.3, -0.25) is 4.79 Å². The second kappa shape index (κ2) is 7.67. The number of hydrogen-bond donors (Lipinski definition) is 1. The number of piperidine rings is 1. The molecule has 1 rings (SSSR count). The molecule has 100 valence electrons. The topological polar surface area (TPSA) is 49.8 Å². The first-order chi connectivity index (χ1) is 8.13. The van der Waals surface area contributed by atoms with Crippen molar-refractivity contribution in [3.8, 4) is 0 Å². The molecule has 0 spiro atoms. The SMILES string of the molecule is COCC(C)CN1CCCCC1CCC(=O)O. The van der Waals surface area contributed by atoms with Gasteiger partial charge in [0, 0.05) is 32.7 Å². The van der Waals surface area contributed by atoms with Gasteiger partial charge in [-0.15, -0.1) is 0 Å². The van der Waals surface area contributed by atoms with Crippen LogP contribution >= 0.6 is 0 Å². The van der Waals surface area contributed by atoms with Gasteiger partial charge in [0.05, 0.1) is 0 Å². The van der Waals surface area contributed by atoms with E-state index >= 15 is 0 Å². The van der Waals surface area contributed by atoms with Gasteiger partial charge < -0.3 is 14.7 Å². The summed E-state index contributed by atoms with van der Waals surface area (Å²) in [5.74, 6) is -0.161. The zero-order valence-electron chi connectivity index (χ0n) is 11.0. The van der Waals surface area contributed by atoms with Crippen molar-refractivity contribution in [2.24, 2.45) is 5.92 Å². The Hall–Kier alpha value is -0.610. The van der Waals surface area contributed by atoms with Gasteiger partial charge in [-0.2, -0.15) is 0 Å². The number of nitrogens with zero attached hydrogens (tertiary/aromatic N) is 1. The molecule has 4 nitrogen and oxygen atoms in total. The van der Waals surface area contributed by atoms with Crippen LogP contribution in [0.3, 0.4) is 0 Å². The van der Waals surface area contributed by atoms with Crippen LogP contribution in [0.15, 0.2) is 0 Å². The predicted molar refractivity (Wildman–Crippen MR) is 67.1 cm³/mol. The molecule has 1 fully saturated rings. The minimum absolute atomic E-state index is 0.291. The molecular weight excluding hydrogens is 218 g/mol. The number of aliphatic carboxylic acids is 1. The first kappa shape index (κ1) is 14.5. The lowest BCUT2D eigenvalue weighted by Gasteiger charge is -2.37. The van der Waals surface area contributed by atoms with E-state index in [2.05, 4.69) is 11.8 Å². The maximum absolute atomic E-state index is 10.6.